The minimum absolute atomic E-state index is 0.158. The number of amides is 1. The Hall–Kier alpha value is -1.39. The maximum Gasteiger partial charge on any atom is 0.220 e. The van der Waals surface area contributed by atoms with E-state index in [1.165, 1.54) is 32.1 Å². The number of carbonyl (C=O) groups is 1. The van der Waals surface area contributed by atoms with Crippen molar-refractivity contribution < 1.29 is 4.79 Å². The van der Waals surface area contributed by atoms with E-state index in [0.717, 1.165) is 43.4 Å². The van der Waals surface area contributed by atoms with E-state index in [2.05, 4.69) is 20.1 Å². The Kier molecular flexibility index (Phi) is 4.33. The molecule has 1 aromatic heterocycles. The van der Waals surface area contributed by atoms with Gasteiger partial charge < -0.3 is 9.88 Å². The van der Waals surface area contributed by atoms with Gasteiger partial charge in [0.2, 0.25) is 5.91 Å². The van der Waals surface area contributed by atoms with Crippen LogP contribution in [0.2, 0.25) is 0 Å². The molecule has 5 heteroatoms. The number of nitrogens with zero attached hydrogens (tertiary/aromatic N) is 3. The fourth-order valence-electron chi connectivity index (χ4n) is 3.42. The number of aromatic nitrogens is 3. The number of nitrogens with one attached hydrogen (secondary N) is 1. The zero-order valence-electron chi connectivity index (χ0n) is 12.1. The average molecular weight is 276 g/mol. The van der Waals surface area contributed by atoms with Gasteiger partial charge in [0, 0.05) is 19.4 Å². The minimum atomic E-state index is 0.158. The first-order valence-corrected chi connectivity index (χ1v) is 8.00. The molecule has 20 heavy (non-hydrogen) atoms. The predicted molar refractivity (Wildman–Crippen MR) is 76.0 cm³/mol. The van der Waals surface area contributed by atoms with E-state index in [0.29, 0.717) is 13.0 Å². The van der Waals surface area contributed by atoms with Gasteiger partial charge in [0.15, 0.2) is 5.82 Å². The number of fused-ring (bicyclic) bond motifs is 1. The fraction of sp³-hybridized carbons (Fsp3) is 0.800. The first kappa shape index (κ1) is 13.6. The highest BCUT2D eigenvalue weighted by Gasteiger charge is 2.18. The summed E-state index contributed by atoms with van der Waals surface area (Å²) in [5.74, 6) is 2.90. The molecule has 0 unspecified atom stereocenters. The number of carbonyl (C=O) groups excluding carboxylic acids is 1. The summed E-state index contributed by atoms with van der Waals surface area (Å²) in [5.41, 5.74) is 0. The molecule has 1 amide bonds. The summed E-state index contributed by atoms with van der Waals surface area (Å²) < 4.78 is 2.14. The molecule has 0 spiro atoms. The molecule has 2 heterocycles. The molecule has 2 aliphatic rings. The van der Waals surface area contributed by atoms with Gasteiger partial charge >= 0.3 is 0 Å². The molecule has 1 aliphatic heterocycles. The zero-order valence-corrected chi connectivity index (χ0v) is 12.1. The second kappa shape index (κ2) is 6.37. The second-order valence-corrected chi connectivity index (χ2v) is 6.11. The van der Waals surface area contributed by atoms with Crippen molar-refractivity contribution in [2.24, 2.45) is 5.92 Å². The summed E-state index contributed by atoms with van der Waals surface area (Å²) >= 11 is 0. The lowest BCUT2D eigenvalue weighted by Crippen LogP contribution is -2.25. The molecule has 0 aromatic carbocycles. The van der Waals surface area contributed by atoms with Gasteiger partial charge in [0.1, 0.15) is 5.82 Å². The van der Waals surface area contributed by atoms with Gasteiger partial charge in [-0.1, -0.05) is 32.1 Å². The van der Waals surface area contributed by atoms with Gasteiger partial charge in [0.25, 0.3) is 0 Å². The van der Waals surface area contributed by atoms with Crippen LogP contribution in [0.5, 0.6) is 0 Å². The molecule has 0 atom stereocenters. The summed E-state index contributed by atoms with van der Waals surface area (Å²) in [6, 6.07) is 0. The van der Waals surface area contributed by atoms with Crippen LogP contribution >= 0.6 is 0 Å². The fourth-order valence-corrected chi connectivity index (χ4v) is 3.42. The summed E-state index contributed by atoms with van der Waals surface area (Å²) in [7, 11) is 0. The third-order valence-electron chi connectivity index (χ3n) is 4.63. The second-order valence-electron chi connectivity index (χ2n) is 6.11. The van der Waals surface area contributed by atoms with Gasteiger partial charge in [-0.2, -0.15) is 0 Å². The lowest BCUT2D eigenvalue weighted by molar-refractivity contribution is -0.121. The standard InChI is InChI=1S/C15H24N4O/c20-15(9-8-12-5-2-1-3-6-12)16-11-14-18-17-13-7-4-10-19(13)14/h12H,1-11H2,(H,16,20). The van der Waals surface area contributed by atoms with E-state index in [-0.39, 0.29) is 5.91 Å². The number of aryl methyl sites for hydroxylation is 1. The van der Waals surface area contributed by atoms with Crippen LogP contribution in [-0.4, -0.2) is 20.7 Å². The highest BCUT2D eigenvalue weighted by molar-refractivity contribution is 5.75. The van der Waals surface area contributed by atoms with Crippen LogP contribution in [0.25, 0.3) is 0 Å². The summed E-state index contributed by atoms with van der Waals surface area (Å²) in [5, 5.41) is 11.3. The monoisotopic (exact) mass is 276 g/mol. The Balaban J connectivity index is 1.40. The third-order valence-corrected chi connectivity index (χ3v) is 4.63. The van der Waals surface area contributed by atoms with Gasteiger partial charge in [0.05, 0.1) is 6.54 Å². The predicted octanol–water partition coefficient (Wildman–Crippen LogP) is 2.20. The van der Waals surface area contributed by atoms with Crippen molar-refractivity contribution in [3.63, 3.8) is 0 Å². The Morgan fingerprint density at radius 2 is 2.05 bits per heavy atom. The van der Waals surface area contributed by atoms with Crippen LogP contribution < -0.4 is 5.32 Å². The smallest absolute Gasteiger partial charge is 0.220 e. The molecule has 3 rings (SSSR count). The molecular weight excluding hydrogens is 252 g/mol. The Morgan fingerprint density at radius 3 is 2.90 bits per heavy atom. The topological polar surface area (TPSA) is 59.8 Å². The first-order chi connectivity index (χ1) is 9.83. The van der Waals surface area contributed by atoms with Crippen molar-refractivity contribution in [3.8, 4) is 0 Å². The first-order valence-electron chi connectivity index (χ1n) is 8.00. The largest absolute Gasteiger partial charge is 0.349 e. The van der Waals surface area contributed by atoms with E-state index < -0.39 is 0 Å². The van der Waals surface area contributed by atoms with Crippen molar-refractivity contribution in [2.75, 3.05) is 0 Å². The lowest BCUT2D eigenvalue weighted by Gasteiger charge is -2.20. The molecule has 1 N–H and O–H groups in total. The van der Waals surface area contributed by atoms with E-state index >= 15 is 0 Å². The highest BCUT2D eigenvalue weighted by Crippen LogP contribution is 2.27. The van der Waals surface area contributed by atoms with Crippen LogP contribution in [-0.2, 0) is 24.3 Å². The number of hydrogen-bond acceptors (Lipinski definition) is 3. The molecule has 1 aliphatic carbocycles. The molecule has 1 fully saturated rings. The Bertz CT molecular complexity index is 462. The van der Waals surface area contributed by atoms with Crippen LogP contribution in [0.1, 0.15) is 63.0 Å². The van der Waals surface area contributed by atoms with E-state index in [9.17, 15) is 4.79 Å². The third kappa shape index (κ3) is 3.19. The van der Waals surface area contributed by atoms with Crippen LogP contribution in [0.15, 0.2) is 0 Å². The number of hydrogen-bond donors (Lipinski definition) is 1. The average Bonchev–Trinajstić information content (AvgIpc) is 3.07. The van der Waals surface area contributed by atoms with E-state index in [1.807, 2.05) is 0 Å². The van der Waals surface area contributed by atoms with Crippen molar-refractivity contribution in [1.82, 2.24) is 20.1 Å². The number of rotatable bonds is 5. The van der Waals surface area contributed by atoms with Gasteiger partial charge in [-0.15, -0.1) is 10.2 Å². The summed E-state index contributed by atoms with van der Waals surface area (Å²) in [4.78, 5) is 11.9. The quantitative estimate of drug-likeness (QED) is 0.897. The maximum absolute atomic E-state index is 11.9. The Morgan fingerprint density at radius 1 is 1.20 bits per heavy atom. The summed E-state index contributed by atoms with van der Waals surface area (Å²) in [6.07, 6.45) is 10.6. The van der Waals surface area contributed by atoms with Crippen LogP contribution in [0.3, 0.4) is 0 Å². The van der Waals surface area contributed by atoms with Crippen molar-refractivity contribution in [1.29, 1.82) is 0 Å². The zero-order chi connectivity index (χ0) is 13.8. The molecule has 5 nitrogen and oxygen atoms in total. The van der Waals surface area contributed by atoms with Crippen LogP contribution in [0, 0.1) is 5.92 Å². The van der Waals surface area contributed by atoms with Crippen molar-refractivity contribution in [2.45, 2.75) is 70.9 Å². The van der Waals surface area contributed by atoms with E-state index in [1.54, 1.807) is 0 Å². The van der Waals surface area contributed by atoms with Gasteiger partial charge in [-0.05, 0) is 18.8 Å². The summed E-state index contributed by atoms with van der Waals surface area (Å²) in [6.45, 7) is 1.52. The van der Waals surface area contributed by atoms with Crippen LogP contribution in [0.4, 0.5) is 0 Å². The molecular formula is C15H24N4O. The highest BCUT2D eigenvalue weighted by atomic mass is 16.1. The lowest BCUT2D eigenvalue weighted by atomic mass is 9.86. The van der Waals surface area contributed by atoms with E-state index in [4.69, 9.17) is 0 Å². The molecule has 110 valence electrons. The molecule has 0 radical (unpaired) electrons. The van der Waals surface area contributed by atoms with Gasteiger partial charge in [-0.25, -0.2) is 0 Å². The minimum Gasteiger partial charge on any atom is -0.349 e. The molecule has 0 saturated heterocycles. The Labute approximate surface area is 120 Å². The van der Waals surface area contributed by atoms with Gasteiger partial charge in [-0.3, -0.25) is 4.79 Å². The molecule has 0 bridgehead atoms. The maximum atomic E-state index is 11.9. The molecule has 1 aromatic rings. The molecule has 1 saturated carbocycles. The normalized spacial score (nSPS) is 19.0. The van der Waals surface area contributed by atoms with Crippen molar-refractivity contribution >= 4 is 5.91 Å². The van der Waals surface area contributed by atoms with Crippen molar-refractivity contribution in [3.05, 3.63) is 11.6 Å². The SMILES string of the molecule is O=C(CCC1CCCCC1)NCc1nnc2n1CCC2.